The zero-order valence-corrected chi connectivity index (χ0v) is 12.1. The van der Waals surface area contributed by atoms with E-state index in [9.17, 15) is 8.78 Å². The first-order chi connectivity index (χ1) is 10.6. The van der Waals surface area contributed by atoms with Gasteiger partial charge >= 0.3 is 0 Å². The number of nitrogens with one attached hydrogen (secondary N) is 1. The number of anilines is 1. The summed E-state index contributed by atoms with van der Waals surface area (Å²) >= 11 is 5.92. The molecule has 6 heteroatoms. The molecule has 0 radical (unpaired) electrons. The fourth-order valence-electron chi connectivity index (χ4n) is 1.97. The monoisotopic (exact) mass is 320 g/mol. The van der Waals surface area contributed by atoms with E-state index in [0.29, 0.717) is 16.7 Å². The summed E-state index contributed by atoms with van der Waals surface area (Å²) in [5.41, 5.74) is 0.852. The van der Waals surface area contributed by atoms with E-state index in [4.69, 9.17) is 16.0 Å². The lowest BCUT2D eigenvalue weighted by molar-refractivity contribution is 0.515. The molecular formula is C16H11ClF2N2O. The third-order valence-corrected chi connectivity index (χ3v) is 3.26. The van der Waals surface area contributed by atoms with Crippen LogP contribution in [0.25, 0.3) is 11.3 Å². The van der Waals surface area contributed by atoms with Crippen LogP contribution in [0.4, 0.5) is 14.5 Å². The van der Waals surface area contributed by atoms with Crippen molar-refractivity contribution in [1.29, 1.82) is 0 Å². The number of rotatable bonds is 4. The molecular weight excluding hydrogens is 310 g/mol. The second-order valence-corrected chi connectivity index (χ2v) is 5.04. The molecule has 0 bridgehead atoms. The van der Waals surface area contributed by atoms with Gasteiger partial charge in [-0.25, -0.2) is 13.8 Å². The summed E-state index contributed by atoms with van der Waals surface area (Å²) in [6.07, 6.45) is 1.56. The van der Waals surface area contributed by atoms with E-state index in [0.717, 1.165) is 23.8 Å². The molecule has 0 saturated heterocycles. The highest BCUT2D eigenvalue weighted by atomic mass is 35.5. The number of hydrogen-bond acceptors (Lipinski definition) is 3. The number of hydrogen-bond donors (Lipinski definition) is 1. The Kier molecular flexibility index (Phi) is 4.06. The van der Waals surface area contributed by atoms with E-state index in [-0.39, 0.29) is 12.2 Å². The Bertz CT molecular complexity index is 804. The van der Waals surface area contributed by atoms with Crippen LogP contribution in [0.1, 0.15) is 5.89 Å². The van der Waals surface area contributed by atoms with Gasteiger partial charge in [-0.3, -0.25) is 0 Å². The van der Waals surface area contributed by atoms with Gasteiger partial charge in [0.05, 0.1) is 18.4 Å². The topological polar surface area (TPSA) is 38.1 Å². The maximum absolute atomic E-state index is 13.5. The van der Waals surface area contributed by atoms with E-state index >= 15 is 0 Å². The first kappa shape index (κ1) is 14.5. The largest absolute Gasteiger partial charge is 0.439 e. The second-order valence-electron chi connectivity index (χ2n) is 4.61. The summed E-state index contributed by atoms with van der Waals surface area (Å²) in [5, 5.41) is 3.34. The summed E-state index contributed by atoms with van der Waals surface area (Å²) in [5.74, 6) is -0.142. The molecule has 1 heterocycles. The van der Waals surface area contributed by atoms with Gasteiger partial charge in [-0.05, 0) is 30.3 Å². The number of oxazole rings is 1. The van der Waals surface area contributed by atoms with Crippen LogP contribution in [0.3, 0.4) is 0 Å². The molecule has 0 spiro atoms. The Labute approximate surface area is 130 Å². The quantitative estimate of drug-likeness (QED) is 0.744. The molecule has 0 atom stereocenters. The van der Waals surface area contributed by atoms with Gasteiger partial charge in [0.1, 0.15) is 11.6 Å². The minimum Gasteiger partial charge on any atom is -0.439 e. The highest BCUT2D eigenvalue weighted by molar-refractivity contribution is 6.30. The van der Waals surface area contributed by atoms with Crippen molar-refractivity contribution in [2.24, 2.45) is 0 Å². The van der Waals surface area contributed by atoms with Crippen LogP contribution in [-0.2, 0) is 6.54 Å². The predicted molar refractivity (Wildman–Crippen MR) is 80.6 cm³/mol. The van der Waals surface area contributed by atoms with Crippen molar-refractivity contribution in [2.75, 3.05) is 5.32 Å². The summed E-state index contributed by atoms with van der Waals surface area (Å²) in [6.45, 7) is 0.140. The molecule has 1 N–H and O–H groups in total. The zero-order chi connectivity index (χ0) is 15.5. The average Bonchev–Trinajstić information content (AvgIpc) is 2.97. The molecule has 3 aromatic rings. The highest BCUT2D eigenvalue weighted by Gasteiger charge is 2.08. The van der Waals surface area contributed by atoms with Gasteiger partial charge < -0.3 is 9.73 Å². The van der Waals surface area contributed by atoms with Gasteiger partial charge in [0.25, 0.3) is 0 Å². The summed E-state index contributed by atoms with van der Waals surface area (Å²) in [6, 6.07) is 10.4. The number of aromatic nitrogens is 1. The minimum atomic E-state index is -0.539. The molecule has 0 aliphatic carbocycles. The Balaban J connectivity index is 1.73. The lowest BCUT2D eigenvalue weighted by Gasteiger charge is -2.05. The van der Waals surface area contributed by atoms with E-state index in [1.54, 1.807) is 24.4 Å². The van der Waals surface area contributed by atoms with Gasteiger partial charge in [0, 0.05) is 10.6 Å². The Morgan fingerprint density at radius 2 is 2.00 bits per heavy atom. The van der Waals surface area contributed by atoms with E-state index in [1.165, 1.54) is 0 Å². The van der Waals surface area contributed by atoms with Crippen molar-refractivity contribution in [1.82, 2.24) is 4.98 Å². The Hall–Kier alpha value is -2.40. The Morgan fingerprint density at radius 3 is 2.82 bits per heavy atom. The van der Waals surface area contributed by atoms with Crippen LogP contribution in [-0.4, -0.2) is 4.98 Å². The van der Waals surface area contributed by atoms with Gasteiger partial charge in [0.15, 0.2) is 5.76 Å². The summed E-state index contributed by atoms with van der Waals surface area (Å²) < 4.78 is 32.1. The molecule has 112 valence electrons. The maximum atomic E-state index is 13.5. The molecule has 0 aliphatic heterocycles. The third-order valence-electron chi connectivity index (χ3n) is 3.02. The molecule has 0 fully saturated rings. The van der Waals surface area contributed by atoms with Crippen LogP contribution in [0.15, 0.2) is 53.1 Å². The van der Waals surface area contributed by atoms with Crippen LogP contribution >= 0.6 is 11.6 Å². The zero-order valence-electron chi connectivity index (χ0n) is 11.3. The van der Waals surface area contributed by atoms with Crippen molar-refractivity contribution in [3.63, 3.8) is 0 Å². The minimum absolute atomic E-state index is 0.0579. The van der Waals surface area contributed by atoms with E-state index in [2.05, 4.69) is 10.3 Å². The fourth-order valence-corrected chi connectivity index (χ4v) is 2.16. The van der Waals surface area contributed by atoms with Crippen LogP contribution in [0, 0.1) is 11.6 Å². The number of halogens is 3. The lowest BCUT2D eigenvalue weighted by Crippen LogP contribution is -2.02. The molecule has 0 unspecified atom stereocenters. The molecule has 0 amide bonds. The van der Waals surface area contributed by atoms with Gasteiger partial charge in [-0.15, -0.1) is 0 Å². The summed E-state index contributed by atoms with van der Waals surface area (Å²) in [4.78, 5) is 4.10. The number of nitrogens with zero attached hydrogens (tertiary/aromatic N) is 1. The highest BCUT2D eigenvalue weighted by Crippen LogP contribution is 2.24. The molecule has 3 rings (SSSR count). The first-order valence-corrected chi connectivity index (χ1v) is 6.89. The smallest absolute Gasteiger partial charge is 0.214 e. The molecule has 3 nitrogen and oxygen atoms in total. The van der Waals surface area contributed by atoms with Crippen LogP contribution in [0.2, 0.25) is 5.02 Å². The van der Waals surface area contributed by atoms with Crippen molar-refractivity contribution in [3.05, 3.63) is 71.2 Å². The molecule has 0 aliphatic rings. The first-order valence-electron chi connectivity index (χ1n) is 6.51. The van der Waals surface area contributed by atoms with E-state index in [1.807, 2.05) is 6.07 Å². The SMILES string of the molecule is Fc1ccc(F)c(NCc2ncc(-c3cccc(Cl)c3)o2)c1. The van der Waals surface area contributed by atoms with Gasteiger partial charge in [-0.2, -0.15) is 0 Å². The molecule has 2 aromatic carbocycles. The Morgan fingerprint density at radius 1 is 1.14 bits per heavy atom. The lowest BCUT2D eigenvalue weighted by atomic mass is 10.2. The van der Waals surface area contributed by atoms with Crippen molar-refractivity contribution in [3.8, 4) is 11.3 Å². The van der Waals surface area contributed by atoms with Gasteiger partial charge in [0.2, 0.25) is 5.89 Å². The van der Waals surface area contributed by atoms with Gasteiger partial charge in [-0.1, -0.05) is 23.7 Å². The standard InChI is InChI=1S/C16H11ClF2N2O/c17-11-3-1-2-10(6-11)15-8-21-16(22-15)9-20-14-7-12(18)4-5-13(14)19/h1-8,20H,9H2. The molecule has 0 saturated carbocycles. The van der Waals surface area contributed by atoms with E-state index < -0.39 is 11.6 Å². The van der Waals surface area contributed by atoms with Crippen molar-refractivity contribution < 1.29 is 13.2 Å². The third kappa shape index (κ3) is 3.26. The fraction of sp³-hybridized carbons (Fsp3) is 0.0625. The average molecular weight is 321 g/mol. The normalized spacial score (nSPS) is 10.7. The predicted octanol–water partition coefficient (Wildman–Crippen LogP) is 4.89. The number of benzene rings is 2. The van der Waals surface area contributed by atoms with Crippen molar-refractivity contribution >= 4 is 17.3 Å². The van der Waals surface area contributed by atoms with Crippen LogP contribution < -0.4 is 5.32 Å². The van der Waals surface area contributed by atoms with Crippen LogP contribution in [0.5, 0.6) is 0 Å². The van der Waals surface area contributed by atoms with Crippen molar-refractivity contribution in [2.45, 2.75) is 6.54 Å². The molecule has 1 aromatic heterocycles. The maximum Gasteiger partial charge on any atom is 0.214 e. The summed E-state index contributed by atoms with van der Waals surface area (Å²) in [7, 11) is 0. The second kappa shape index (κ2) is 6.15. The molecule has 22 heavy (non-hydrogen) atoms.